The predicted molar refractivity (Wildman–Crippen MR) is 359 cm³/mol. The van der Waals surface area contributed by atoms with E-state index in [-0.39, 0.29) is 25.7 Å². The number of rotatable bonds is 71. The summed E-state index contributed by atoms with van der Waals surface area (Å²) in [5.74, 6) is -2.13. The monoisotopic (exact) mass is 1310 g/mol. The van der Waals surface area contributed by atoms with Crippen LogP contribution in [0, 0.1) is 0 Å². The lowest BCUT2D eigenvalue weighted by Crippen LogP contribution is -2.30. The van der Waals surface area contributed by atoms with Crippen LogP contribution in [-0.4, -0.2) is 96.7 Å². The Balaban J connectivity index is 5.13. The third-order valence-corrected chi connectivity index (χ3v) is 18.3. The molecule has 0 heterocycles. The second-order valence-corrected chi connectivity index (χ2v) is 28.2. The normalized spacial score (nSPS) is 14.0. The fourth-order valence-corrected chi connectivity index (χ4v) is 12.3. The SMILES string of the molecule is CCCCCCCCCCCCCCCCCCCCCC(=O)O[C@H](COC(=O)CCCCCCCCCCCCCCCC)COP(=O)(O)OC[C@@H](O)COP(=O)(O)OC[C@@H](COC(=O)CCCCCCC)OC(=O)CCCCCCCCCCCCC. The fraction of sp³-hybridized carbons (Fsp3) is 0.943. The van der Waals surface area contributed by atoms with Crippen LogP contribution in [0.25, 0.3) is 0 Å². The molecule has 0 saturated heterocycles. The van der Waals surface area contributed by atoms with Gasteiger partial charge in [-0.3, -0.25) is 37.3 Å². The van der Waals surface area contributed by atoms with E-state index in [1.165, 1.54) is 193 Å². The average molecular weight is 1310 g/mol. The number of aliphatic hydroxyl groups excluding tert-OH is 1. The molecule has 17 nitrogen and oxygen atoms in total. The Labute approximate surface area is 543 Å². The number of hydrogen-bond acceptors (Lipinski definition) is 15. The highest BCUT2D eigenvalue weighted by Crippen LogP contribution is 2.45. The van der Waals surface area contributed by atoms with Crippen LogP contribution in [-0.2, 0) is 65.4 Å². The van der Waals surface area contributed by atoms with Crippen LogP contribution in [0.4, 0.5) is 0 Å². The Morgan fingerprint density at radius 2 is 0.449 bits per heavy atom. The van der Waals surface area contributed by atoms with Crippen molar-refractivity contribution in [2.45, 2.75) is 386 Å². The van der Waals surface area contributed by atoms with Crippen LogP contribution >= 0.6 is 15.6 Å². The van der Waals surface area contributed by atoms with Gasteiger partial charge in [-0.2, -0.15) is 0 Å². The second kappa shape index (κ2) is 64.8. The van der Waals surface area contributed by atoms with Gasteiger partial charge < -0.3 is 33.8 Å². The van der Waals surface area contributed by atoms with Crippen molar-refractivity contribution in [3.8, 4) is 0 Å². The van der Waals surface area contributed by atoms with Gasteiger partial charge in [0.15, 0.2) is 12.2 Å². The maximum atomic E-state index is 13.0. The highest BCUT2D eigenvalue weighted by molar-refractivity contribution is 7.47. The van der Waals surface area contributed by atoms with Crippen LogP contribution in [0.1, 0.15) is 368 Å². The molecule has 0 aliphatic heterocycles. The number of unbranched alkanes of at least 4 members (excludes halogenated alkanes) is 45. The fourth-order valence-electron chi connectivity index (χ4n) is 10.7. The molecule has 528 valence electrons. The maximum absolute atomic E-state index is 13.0. The molecule has 2 unspecified atom stereocenters. The van der Waals surface area contributed by atoms with Crippen LogP contribution in [0.5, 0.6) is 0 Å². The quantitative estimate of drug-likeness (QED) is 0.0222. The van der Waals surface area contributed by atoms with Crippen LogP contribution in [0.15, 0.2) is 0 Å². The molecule has 0 radical (unpaired) electrons. The molecular weight excluding hydrogens is 1170 g/mol. The van der Waals surface area contributed by atoms with Crippen molar-refractivity contribution < 1.29 is 80.2 Å². The largest absolute Gasteiger partial charge is 0.472 e. The van der Waals surface area contributed by atoms with Crippen molar-refractivity contribution in [1.82, 2.24) is 0 Å². The molecular formula is C70H136O17P2. The standard InChI is InChI=1S/C70H136O17P2/c1-5-9-13-17-20-23-26-28-30-31-32-33-34-36-39-42-45-49-53-57-70(75)87-66(61-81-68(73)55-51-47-43-40-38-35-29-27-24-21-18-14-10-6-2)63-85-89(78,79)83-59-64(71)58-82-88(76,77)84-62-65(60-80-67(72)54-50-46-16-12-8-4)86-69(74)56-52-48-44-41-37-25-22-19-15-11-7-3/h64-66,71H,5-63H2,1-4H3,(H,76,77)(H,78,79)/t64-,65+,66+/m0/s1. The molecule has 0 fully saturated rings. The average Bonchev–Trinajstić information content (AvgIpc) is 3.72. The molecule has 0 aromatic heterocycles. The van der Waals surface area contributed by atoms with Gasteiger partial charge >= 0.3 is 39.5 Å². The Morgan fingerprint density at radius 1 is 0.270 bits per heavy atom. The van der Waals surface area contributed by atoms with Crippen molar-refractivity contribution in [3.63, 3.8) is 0 Å². The van der Waals surface area contributed by atoms with Gasteiger partial charge in [-0.1, -0.05) is 317 Å². The van der Waals surface area contributed by atoms with Gasteiger partial charge in [0.25, 0.3) is 0 Å². The summed E-state index contributed by atoms with van der Waals surface area (Å²) in [6, 6.07) is 0. The van der Waals surface area contributed by atoms with Crippen molar-refractivity contribution in [2.24, 2.45) is 0 Å². The summed E-state index contributed by atoms with van der Waals surface area (Å²) in [5, 5.41) is 10.6. The summed E-state index contributed by atoms with van der Waals surface area (Å²) < 4.78 is 68.1. The highest BCUT2D eigenvalue weighted by Gasteiger charge is 2.30. The van der Waals surface area contributed by atoms with Gasteiger partial charge in [-0.15, -0.1) is 0 Å². The van der Waals surface area contributed by atoms with Crippen LogP contribution in [0.3, 0.4) is 0 Å². The van der Waals surface area contributed by atoms with Gasteiger partial charge in [-0.25, -0.2) is 9.13 Å². The lowest BCUT2D eigenvalue weighted by atomic mass is 10.0. The molecule has 0 aromatic rings. The van der Waals surface area contributed by atoms with E-state index in [1.807, 2.05) is 0 Å². The molecule has 0 aliphatic rings. The molecule has 0 aliphatic carbocycles. The Bertz CT molecular complexity index is 1710. The molecule has 5 atom stereocenters. The number of phosphoric acid groups is 2. The summed E-state index contributed by atoms with van der Waals surface area (Å²) in [5.41, 5.74) is 0. The Morgan fingerprint density at radius 3 is 0.663 bits per heavy atom. The third kappa shape index (κ3) is 64.6. The molecule has 0 amide bonds. The van der Waals surface area contributed by atoms with Crippen molar-refractivity contribution in [2.75, 3.05) is 39.6 Å². The number of esters is 4. The Kier molecular flexibility index (Phi) is 63.3. The van der Waals surface area contributed by atoms with Gasteiger partial charge in [0.2, 0.25) is 0 Å². The molecule has 19 heteroatoms. The Hall–Kier alpha value is -1.94. The van der Waals surface area contributed by atoms with Gasteiger partial charge in [0, 0.05) is 25.7 Å². The zero-order chi connectivity index (χ0) is 65.4. The van der Waals surface area contributed by atoms with E-state index >= 15 is 0 Å². The maximum Gasteiger partial charge on any atom is 0.472 e. The van der Waals surface area contributed by atoms with Gasteiger partial charge in [0.05, 0.1) is 26.4 Å². The number of phosphoric ester groups is 2. The lowest BCUT2D eigenvalue weighted by Gasteiger charge is -2.21. The van der Waals surface area contributed by atoms with E-state index in [0.717, 1.165) is 96.3 Å². The van der Waals surface area contributed by atoms with E-state index in [4.69, 9.17) is 37.0 Å². The smallest absolute Gasteiger partial charge is 0.462 e. The minimum atomic E-state index is -4.95. The molecule has 0 rings (SSSR count). The van der Waals surface area contributed by atoms with E-state index < -0.39 is 97.5 Å². The van der Waals surface area contributed by atoms with Crippen molar-refractivity contribution in [3.05, 3.63) is 0 Å². The van der Waals surface area contributed by atoms with Crippen molar-refractivity contribution >= 4 is 39.5 Å². The molecule has 0 saturated carbocycles. The predicted octanol–water partition coefficient (Wildman–Crippen LogP) is 20.3. The first-order valence-corrected chi connectivity index (χ1v) is 39.8. The van der Waals surface area contributed by atoms with Crippen LogP contribution < -0.4 is 0 Å². The summed E-state index contributed by atoms with van der Waals surface area (Å²) in [7, 11) is -9.89. The van der Waals surface area contributed by atoms with E-state index in [1.54, 1.807) is 0 Å². The van der Waals surface area contributed by atoms with Crippen LogP contribution in [0.2, 0.25) is 0 Å². The second-order valence-electron chi connectivity index (χ2n) is 25.3. The van der Waals surface area contributed by atoms with E-state index in [0.29, 0.717) is 25.7 Å². The summed E-state index contributed by atoms with van der Waals surface area (Å²) in [6.07, 6.45) is 53.1. The molecule has 0 bridgehead atoms. The highest BCUT2D eigenvalue weighted by atomic mass is 31.2. The summed E-state index contributed by atoms with van der Waals surface area (Å²) >= 11 is 0. The lowest BCUT2D eigenvalue weighted by molar-refractivity contribution is -0.161. The summed E-state index contributed by atoms with van der Waals surface area (Å²) in [6.45, 7) is 4.86. The molecule has 0 spiro atoms. The van der Waals surface area contributed by atoms with Crippen molar-refractivity contribution in [1.29, 1.82) is 0 Å². The first-order valence-electron chi connectivity index (χ1n) is 36.8. The van der Waals surface area contributed by atoms with E-state index in [9.17, 15) is 43.2 Å². The number of aliphatic hydroxyl groups is 1. The zero-order valence-corrected chi connectivity index (χ0v) is 59.2. The molecule has 89 heavy (non-hydrogen) atoms. The number of hydrogen-bond donors (Lipinski definition) is 3. The minimum Gasteiger partial charge on any atom is -0.462 e. The van der Waals surface area contributed by atoms with E-state index in [2.05, 4.69) is 27.7 Å². The molecule has 0 aromatic carbocycles. The van der Waals surface area contributed by atoms with Gasteiger partial charge in [-0.05, 0) is 25.7 Å². The first-order chi connectivity index (χ1) is 43.2. The summed E-state index contributed by atoms with van der Waals surface area (Å²) in [4.78, 5) is 72.2. The topological polar surface area (TPSA) is 237 Å². The number of carbonyl (C=O) groups excluding carboxylic acids is 4. The number of ether oxygens (including phenoxy) is 4. The first kappa shape index (κ1) is 87.1. The van der Waals surface area contributed by atoms with Gasteiger partial charge in [0.1, 0.15) is 19.3 Å². The third-order valence-electron chi connectivity index (χ3n) is 16.4. The zero-order valence-electron chi connectivity index (χ0n) is 57.4. The molecule has 3 N–H and O–H groups in total. The minimum absolute atomic E-state index is 0.106. The number of carbonyl (C=O) groups is 4.